The summed E-state index contributed by atoms with van der Waals surface area (Å²) in [5.74, 6) is -0.161. The lowest BCUT2D eigenvalue weighted by molar-refractivity contribution is 0.0734. The highest BCUT2D eigenvalue weighted by Crippen LogP contribution is 2.43. The SMILES string of the molecule is COc1cc2c(c(O)c1C(=O)/C=C/c1ccc(OC(=O)c3cccc(Cl)c3)cc1)C=CC(C)(C)O2. The van der Waals surface area contributed by atoms with E-state index in [1.807, 2.05) is 19.9 Å². The zero-order valence-electron chi connectivity index (χ0n) is 19.4. The molecule has 0 amide bonds. The van der Waals surface area contributed by atoms with E-state index in [-0.39, 0.29) is 17.1 Å². The second-order valence-electron chi connectivity index (χ2n) is 8.42. The van der Waals surface area contributed by atoms with E-state index < -0.39 is 17.4 Å². The number of hydrogen-bond donors (Lipinski definition) is 1. The van der Waals surface area contributed by atoms with Crippen LogP contribution in [0.15, 0.2) is 66.7 Å². The first-order valence-corrected chi connectivity index (χ1v) is 11.2. The number of hydrogen-bond acceptors (Lipinski definition) is 6. The minimum atomic E-state index is -0.537. The van der Waals surface area contributed by atoms with E-state index >= 15 is 0 Å². The largest absolute Gasteiger partial charge is 0.506 e. The van der Waals surface area contributed by atoms with Crippen molar-refractivity contribution in [2.75, 3.05) is 7.11 Å². The third kappa shape index (κ3) is 5.39. The fourth-order valence-electron chi connectivity index (χ4n) is 3.57. The topological polar surface area (TPSA) is 82.1 Å². The third-order valence-electron chi connectivity index (χ3n) is 5.33. The van der Waals surface area contributed by atoms with Gasteiger partial charge in [-0.2, -0.15) is 0 Å². The molecule has 3 aromatic carbocycles. The number of rotatable bonds is 6. The van der Waals surface area contributed by atoms with Crippen molar-refractivity contribution < 1.29 is 28.9 Å². The van der Waals surface area contributed by atoms with E-state index in [4.69, 9.17) is 25.8 Å². The molecular formula is C28H23ClO6. The molecule has 0 bridgehead atoms. The fourth-order valence-corrected chi connectivity index (χ4v) is 3.76. The molecule has 0 saturated carbocycles. The maximum absolute atomic E-state index is 13.0. The third-order valence-corrected chi connectivity index (χ3v) is 5.57. The summed E-state index contributed by atoms with van der Waals surface area (Å²) in [5.41, 5.74) is 0.970. The van der Waals surface area contributed by atoms with E-state index in [0.29, 0.717) is 33.2 Å². The van der Waals surface area contributed by atoms with Gasteiger partial charge >= 0.3 is 5.97 Å². The number of benzene rings is 3. The van der Waals surface area contributed by atoms with Crippen LogP contribution in [-0.2, 0) is 0 Å². The Kier molecular flexibility index (Phi) is 6.67. The van der Waals surface area contributed by atoms with Crippen LogP contribution in [0.1, 0.15) is 45.7 Å². The number of allylic oxidation sites excluding steroid dienone is 1. The van der Waals surface area contributed by atoms with Crippen LogP contribution in [0.2, 0.25) is 5.02 Å². The van der Waals surface area contributed by atoms with E-state index in [2.05, 4.69) is 0 Å². The Balaban J connectivity index is 1.51. The quantitative estimate of drug-likeness (QED) is 0.187. The Morgan fingerprint density at radius 1 is 1.09 bits per heavy atom. The van der Waals surface area contributed by atoms with Crippen molar-refractivity contribution in [3.05, 3.63) is 94.0 Å². The number of phenols is 1. The number of carbonyl (C=O) groups is 2. The van der Waals surface area contributed by atoms with E-state index in [1.54, 1.807) is 60.7 Å². The van der Waals surface area contributed by atoms with Crippen molar-refractivity contribution in [3.8, 4) is 23.0 Å². The first-order chi connectivity index (χ1) is 16.7. The minimum absolute atomic E-state index is 0.0440. The number of ketones is 1. The fraction of sp³-hybridized carbons (Fsp3) is 0.143. The van der Waals surface area contributed by atoms with E-state index in [9.17, 15) is 14.7 Å². The normalized spacial score (nSPS) is 13.7. The molecule has 1 aliphatic heterocycles. The number of esters is 1. The molecule has 1 N–H and O–H groups in total. The van der Waals surface area contributed by atoms with Gasteiger partial charge in [0.25, 0.3) is 0 Å². The molecule has 3 aromatic rings. The van der Waals surface area contributed by atoms with Gasteiger partial charge in [0.05, 0.1) is 18.2 Å². The molecule has 0 atom stereocenters. The van der Waals surface area contributed by atoms with Crippen LogP contribution in [-0.4, -0.2) is 29.6 Å². The first-order valence-electron chi connectivity index (χ1n) is 10.8. The van der Waals surface area contributed by atoms with Gasteiger partial charge in [0, 0.05) is 11.1 Å². The number of ether oxygens (including phenoxy) is 3. The molecule has 4 rings (SSSR count). The monoisotopic (exact) mass is 490 g/mol. The predicted octanol–water partition coefficient (Wildman–Crippen LogP) is 6.35. The Morgan fingerprint density at radius 2 is 1.83 bits per heavy atom. The molecule has 6 nitrogen and oxygen atoms in total. The van der Waals surface area contributed by atoms with E-state index in [0.717, 1.165) is 0 Å². The Morgan fingerprint density at radius 3 is 2.51 bits per heavy atom. The Labute approximate surface area is 208 Å². The highest BCUT2D eigenvalue weighted by atomic mass is 35.5. The summed E-state index contributed by atoms with van der Waals surface area (Å²) in [6.45, 7) is 3.78. The van der Waals surface area contributed by atoms with Gasteiger partial charge in [-0.1, -0.05) is 35.9 Å². The van der Waals surface area contributed by atoms with Crippen molar-refractivity contribution in [3.63, 3.8) is 0 Å². The Hall–Kier alpha value is -4.03. The molecule has 0 fully saturated rings. The van der Waals surface area contributed by atoms with E-state index in [1.165, 1.54) is 19.3 Å². The molecule has 0 radical (unpaired) electrons. The highest BCUT2D eigenvalue weighted by Gasteiger charge is 2.28. The number of phenolic OH excluding ortho intramolecular Hbond substituents is 1. The van der Waals surface area contributed by atoms with Crippen LogP contribution < -0.4 is 14.2 Å². The second kappa shape index (κ2) is 9.68. The van der Waals surface area contributed by atoms with Crippen molar-refractivity contribution in [2.45, 2.75) is 19.4 Å². The number of carbonyl (C=O) groups excluding carboxylic acids is 2. The van der Waals surface area contributed by atoms with Crippen molar-refractivity contribution in [2.24, 2.45) is 0 Å². The van der Waals surface area contributed by atoms with Gasteiger partial charge in [-0.05, 0) is 68.0 Å². The summed E-state index contributed by atoms with van der Waals surface area (Å²) in [6.07, 6.45) is 6.48. The molecule has 1 heterocycles. The molecule has 0 spiro atoms. The average molecular weight is 491 g/mol. The smallest absolute Gasteiger partial charge is 0.343 e. The molecule has 7 heteroatoms. The van der Waals surface area contributed by atoms with Gasteiger partial charge < -0.3 is 19.3 Å². The van der Waals surface area contributed by atoms with Crippen molar-refractivity contribution in [1.29, 1.82) is 0 Å². The predicted molar refractivity (Wildman–Crippen MR) is 135 cm³/mol. The van der Waals surface area contributed by atoms with Gasteiger partial charge in [-0.3, -0.25) is 4.79 Å². The van der Waals surface area contributed by atoms with Gasteiger partial charge in [0.2, 0.25) is 0 Å². The summed E-state index contributed by atoms with van der Waals surface area (Å²) in [6, 6.07) is 14.7. The summed E-state index contributed by atoms with van der Waals surface area (Å²) in [5, 5.41) is 11.2. The van der Waals surface area contributed by atoms with Crippen molar-refractivity contribution >= 4 is 35.5 Å². The minimum Gasteiger partial charge on any atom is -0.506 e. The summed E-state index contributed by atoms with van der Waals surface area (Å²) >= 11 is 5.92. The lowest BCUT2D eigenvalue weighted by atomic mass is 9.97. The molecule has 0 aromatic heterocycles. The zero-order valence-corrected chi connectivity index (χ0v) is 20.1. The van der Waals surface area contributed by atoms with Crippen molar-refractivity contribution in [1.82, 2.24) is 0 Å². The summed E-state index contributed by atoms with van der Waals surface area (Å²) in [7, 11) is 1.43. The number of methoxy groups -OCH3 is 1. The molecule has 0 unspecified atom stereocenters. The number of halogens is 1. The molecule has 35 heavy (non-hydrogen) atoms. The van der Waals surface area contributed by atoms with Crippen LogP contribution in [0.5, 0.6) is 23.0 Å². The lowest BCUT2D eigenvalue weighted by Crippen LogP contribution is -2.27. The molecule has 1 aliphatic rings. The Bertz CT molecular complexity index is 1350. The zero-order chi connectivity index (χ0) is 25.2. The van der Waals surface area contributed by atoms with Crippen LogP contribution in [0.4, 0.5) is 0 Å². The summed E-state index contributed by atoms with van der Waals surface area (Å²) in [4.78, 5) is 25.2. The number of fused-ring (bicyclic) bond motifs is 1. The molecule has 178 valence electrons. The average Bonchev–Trinajstić information content (AvgIpc) is 2.82. The first kappa shape index (κ1) is 24.1. The van der Waals surface area contributed by atoms with Crippen LogP contribution in [0.3, 0.4) is 0 Å². The standard InChI is InChI=1S/C28H23ClO6/c1-28(2)14-13-21-23(35-28)16-24(33-3)25(26(21)31)22(30)12-9-17-7-10-20(11-8-17)34-27(32)18-5-4-6-19(29)15-18/h4-16,31H,1-3H3/b12-9+. The number of aromatic hydroxyl groups is 1. The molecule has 0 aliphatic carbocycles. The molecule has 0 saturated heterocycles. The molecular weight excluding hydrogens is 468 g/mol. The van der Waals surface area contributed by atoms with Crippen LogP contribution in [0.25, 0.3) is 12.2 Å². The van der Waals surface area contributed by atoms with Crippen LogP contribution in [0, 0.1) is 0 Å². The second-order valence-corrected chi connectivity index (χ2v) is 8.86. The maximum Gasteiger partial charge on any atom is 0.343 e. The van der Waals surface area contributed by atoms with Gasteiger partial charge in [-0.25, -0.2) is 4.79 Å². The summed E-state index contributed by atoms with van der Waals surface area (Å²) < 4.78 is 16.6. The highest BCUT2D eigenvalue weighted by molar-refractivity contribution is 6.30. The maximum atomic E-state index is 13.0. The van der Waals surface area contributed by atoms with Crippen LogP contribution >= 0.6 is 11.6 Å². The lowest BCUT2D eigenvalue weighted by Gasteiger charge is -2.29. The van der Waals surface area contributed by atoms with Gasteiger partial charge in [-0.15, -0.1) is 0 Å². The van der Waals surface area contributed by atoms with Gasteiger partial charge in [0.1, 0.15) is 34.2 Å². The van der Waals surface area contributed by atoms with Gasteiger partial charge in [0.15, 0.2) is 5.78 Å².